The quantitative estimate of drug-likeness (QED) is 0.757. The van der Waals surface area contributed by atoms with Crippen LogP contribution in [-0.4, -0.2) is 13.6 Å². The molecule has 0 saturated heterocycles. The Bertz CT molecular complexity index is 346. The molecule has 88 valence electrons. The Morgan fingerprint density at radius 3 is 2.50 bits per heavy atom. The summed E-state index contributed by atoms with van der Waals surface area (Å²) in [5.41, 5.74) is 1.08. The zero-order valence-electron chi connectivity index (χ0n) is 10.8. The summed E-state index contributed by atoms with van der Waals surface area (Å²) in [5.74, 6) is 0.518. The lowest BCUT2D eigenvalue weighted by Crippen LogP contribution is -2.26. The number of anilines is 1. The van der Waals surface area contributed by atoms with Gasteiger partial charge in [0.1, 0.15) is 0 Å². The minimum absolute atomic E-state index is 0.128. The Kier molecular flexibility index (Phi) is 3.65. The van der Waals surface area contributed by atoms with Gasteiger partial charge in [0.05, 0.1) is 0 Å². The van der Waals surface area contributed by atoms with Crippen molar-refractivity contribution in [2.24, 2.45) is 5.92 Å². The second-order valence-corrected chi connectivity index (χ2v) is 5.07. The normalized spacial score (nSPS) is 20.2. The molecule has 2 heteroatoms. The van der Waals surface area contributed by atoms with E-state index in [4.69, 9.17) is 13.0 Å². The Morgan fingerprint density at radius 1 is 1.25 bits per heavy atom. The zero-order chi connectivity index (χ0) is 12.3. The summed E-state index contributed by atoms with van der Waals surface area (Å²) in [6, 6.07) is 7.77. The fourth-order valence-corrected chi connectivity index (χ4v) is 2.49. The SMILES string of the molecule is [2H]C(C1CCCCC1)N(C)c1ccc(Cl)cc1. The van der Waals surface area contributed by atoms with Crippen LogP contribution < -0.4 is 4.90 Å². The van der Waals surface area contributed by atoms with Gasteiger partial charge in [-0.2, -0.15) is 0 Å². The molecule has 0 amide bonds. The first-order valence-corrected chi connectivity index (χ1v) is 6.47. The lowest BCUT2D eigenvalue weighted by Gasteiger charge is -2.28. The monoisotopic (exact) mass is 238 g/mol. The summed E-state index contributed by atoms with van der Waals surface area (Å²) in [5, 5.41) is 0.751. The largest absolute Gasteiger partial charge is 0.374 e. The standard InChI is InChI=1S/C14H20ClN/c1-16(11-12-5-3-2-4-6-12)14-9-7-13(15)8-10-14/h7-10,12H,2-6,11H2,1H3/i11D. The van der Waals surface area contributed by atoms with E-state index in [9.17, 15) is 0 Å². The van der Waals surface area contributed by atoms with Crippen LogP contribution in [0.25, 0.3) is 0 Å². The van der Waals surface area contributed by atoms with Crippen LogP contribution >= 0.6 is 11.6 Å². The second-order valence-electron chi connectivity index (χ2n) is 4.63. The molecule has 0 aliphatic heterocycles. The summed E-state index contributed by atoms with van der Waals surface area (Å²) >= 11 is 5.88. The third kappa shape index (κ3) is 3.15. The van der Waals surface area contributed by atoms with E-state index < -0.39 is 0 Å². The van der Waals surface area contributed by atoms with E-state index in [0.717, 1.165) is 10.7 Å². The average molecular weight is 239 g/mol. The Balaban J connectivity index is 2.02. The van der Waals surface area contributed by atoms with Crippen molar-refractivity contribution < 1.29 is 1.37 Å². The van der Waals surface area contributed by atoms with E-state index in [1.54, 1.807) is 0 Å². The molecule has 1 unspecified atom stereocenters. The summed E-state index contributed by atoms with van der Waals surface area (Å²) in [6.45, 7) is -0.128. The third-order valence-corrected chi connectivity index (χ3v) is 3.57. The van der Waals surface area contributed by atoms with Gasteiger partial charge >= 0.3 is 0 Å². The molecule has 1 aliphatic carbocycles. The van der Waals surface area contributed by atoms with Crippen LogP contribution in [0.5, 0.6) is 0 Å². The van der Waals surface area contributed by atoms with Gasteiger partial charge in [0.25, 0.3) is 0 Å². The van der Waals surface area contributed by atoms with Gasteiger partial charge in [0, 0.05) is 25.6 Å². The van der Waals surface area contributed by atoms with Gasteiger partial charge in [-0.25, -0.2) is 0 Å². The van der Waals surface area contributed by atoms with Crippen LogP contribution in [0.4, 0.5) is 5.69 Å². The van der Waals surface area contributed by atoms with E-state index in [1.165, 1.54) is 32.1 Å². The molecular weight excluding hydrogens is 218 g/mol. The third-order valence-electron chi connectivity index (χ3n) is 3.32. The molecular formula is C14H20ClN. The van der Waals surface area contributed by atoms with Crippen molar-refractivity contribution in [3.8, 4) is 0 Å². The molecule has 1 aromatic rings. The molecule has 1 saturated carbocycles. The number of hydrogen-bond donors (Lipinski definition) is 0. The van der Waals surface area contributed by atoms with E-state index in [-0.39, 0.29) is 6.52 Å². The van der Waals surface area contributed by atoms with E-state index in [0.29, 0.717) is 5.92 Å². The average Bonchev–Trinajstić information content (AvgIpc) is 2.39. The molecule has 0 heterocycles. The predicted molar refractivity (Wildman–Crippen MR) is 71.3 cm³/mol. The summed E-state index contributed by atoms with van der Waals surface area (Å²) in [4.78, 5) is 2.06. The molecule has 1 atom stereocenters. The highest BCUT2D eigenvalue weighted by Crippen LogP contribution is 2.26. The maximum absolute atomic E-state index is 8.36. The van der Waals surface area contributed by atoms with Gasteiger partial charge in [0.15, 0.2) is 0 Å². The van der Waals surface area contributed by atoms with Crippen LogP contribution in [0.3, 0.4) is 0 Å². The van der Waals surface area contributed by atoms with Crippen molar-refractivity contribution in [3.05, 3.63) is 29.3 Å². The van der Waals surface area contributed by atoms with Crippen LogP contribution in [0.2, 0.25) is 5.02 Å². The number of halogens is 1. The molecule has 0 spiro atoms. The molecule has 0 aromatic heterocycles. The Hall–Kier alpha value is -0.690. The summed E-state index contributed by atoms with van der Waals surface area (Å²) in [6.07, 6.45) is 6.31. The first kappa shape index (κ1) is 10.5. The number of hydrogen-bond acceptors (Lipinski definition) is 1. The highest BCUT2D eigenvalue weighted by Gasteiger charge is 2.15. The summed E-state index contributed by atoms with van der Waals surface area (Å²) in [7, 11) is 2.01. The van der Waals surface area contributed by atoms with Crippen LogP contribution in [0, 0.1) is 5.92 Å². The van der Waals surface area contributed by atoms with Crippen molar-refractivity contribution >= 4 is 17.3 Å². The van der Waals surface area contributed by atoms with Crippen LogP contribution in [0.15, 0.2) is 24.3 Å². The zero-order valence-corrected chi connectivity index (χ0v) is 10.6. The van der Waals surface area contributed by atoms with Crippen molar-refractivity contribution in [2.45, 2.75) is 32.1 Å². The first-order valence-electron chi connectivity index (χ1n) is 6.67. The fraction of sp³-hybridized carbons (Fsp3) is 0.571. The number of benzene rings is 1. The highest BCUT2D eigenvalue weighted by atomic mass is 35.5. The minimum atomic E-state index is -0.128. The lowest BCUT2D eigenvalue weighted by atomic mass is 9.89. The number of nitrogens with zero attached hydrogens (tertiary/aromatic N) is 1. The molecule has 0 bridgehead atoms. The van der Waals surface area contributed by atoms with Gasteiger partial charge in [-0.1, -0.05) is 30.9 Å². The maximum atomic E-state index is 8.36. The highest BCUT2D eigenvalue weighted by molar-refractivity contribution is 6.30. The smallest absolute Gasteiger partial charge is 0.0496 e. The summed E-state index contributed by atoms with van der Waals surface area (Å²) < 4.78 is 8.36. The van der Waals surface area contributed by atoms with Gasteiger partial charge in [0.2, 0.25) is 0 Å². The first-order chi connectivity index (χ1) is 8.18. The molecule has 0 radical (unpaired) electrons. The van der Waals surface area contributed by atoms with Gasteiger partial charge in [-0.15, -0.1) is 0 Å². The van der Waals surface area contributed by atoms with Crippen LogP contribution in [-0.2, 0) is 0 Å². The van der Waals surface area contributed by atoms with Crippen molar-refractivity contribution in [1.29, 1.82) is 0 Å². The van der Waals surface area contributed by atoms with Gasteiger partial charge in [-0.3, -0.25) is 0 Å². The topological polar surface area (TPSA) is 3.24 Å². The van der Waals surface area contributed by atoms with Gasteiger partial charge in [-0.05, 0) is 43.0 Å². The molecule has 16 heavy (non-hydrogen) atoms. The van der Waals surface area contributed by atoms with Crippen molar-refractivity contribution in [3.63, 3.8) is 0 Å². The second kappa shape index (κ2) is 5.58. The molecule has 1 nitrogen and oxygen atoms in total. The van der Waals surface area contributed by atoms with Gasteiger partial charge < -0.3 is 4.90 Å². The molecule has 1 aliphatic rings. The van der Waals surface area contributed by atoms with Crippen molar-refractivity contribution in [2.75, 3.05) is 18.5 Å². The predicted octanol–water partition coefficient (Wildman–Crippen LogP) is 4.36. The fourth-order valence-electron chi connectivity index (χ4n) is 2.36. The molecule has 1 fully saturated rings. The molecule has 2 rings (SSSR count). The van der Waals surface area contributed by atoms with Crippen molar-refractivity contribution in [1.82, 2.24) is 0 Å². The number of rotatable bonds is 3. The van der Waals surface area contributed by atoms with E-state index >= 15 is 0 Å². The maximum Gasteiger partial charge on any atom is 0.0496 e. The van der Waals surface area contributed by atoms with E-state index in [1.807, 2.05) is 31.3 Å². The minimum Gasteiger partial charge on any atom is -0.374 e. The lowest BCUT2D eigenvalue weighted by molar-refractivity contribution is 0.362. The molecule has 1 aromatic carbocycles. The van der Waals surface area contributed by atoms with Crippen LogP contribution in [0.1, 0.15) is 33.5 Å². The Morgan fingerprint density at radius 2 is 1.88 bits per heavy atom. The molecule has 0 N–H and O–H groups in total. The van der Waals surface area contributed by atoms with E-state index in [2.05, 4.69) is 4.90 Å². The Labute approximate surface area is 105 Å².